The Kier molecular flexibility index (Phi) is 3.67. The van der Waals surface area contributed by atoms with Crippen LogP contribution in [0.4, 0.5) is 11.4 Å². The molecule has 3 atom stereocenters. The highest BCUT2D eigenvalue weighted by Crippen LogP contribution is 2.42. The van der Waals surface area contributed by atoms with Gasteiger partial charge >= 0.3 is 5.97 Å². The SMILES string of the molecule is Nc1ccc(C(=O)N2CC3CCCC3C2C(=O)O)cc1[N+](=O)[O-]. The molecule has 0 radical (unpaired) electrons. The Morgan fingerprint density at radius 2 is 2.09 bits per heavy atom. The van der Waals surface area contributed by atoms with Crippen molar-refractivity contribution in [2.75, 3.05) is 12.3 Å². The number of benzene rings is 1. The third kappa shape index (κ3) is 2.49. The van der Waals surface area contributed by atoms with Crippen LogP contribution in [0.1, 0.15) is 29.6 Å². The molecule has 1 saturated heterocycles. The lowest BCUT2D eigenvalue weighted by Gasteiger charge is -2.24. The average Bonchev–Trinajstić information content (AvgIpc) is 3.06. The van der Waals surface area contributed by atoms with Gasteiger partial charge in [0.25, 0.3) is 11.6 Å². The predicted octanol–water partition coefficient (Wildman–Crippen LogP) is 1.50. The highest BCUT2D eigenvalue weighted by Gasteiger charge is 2.49. The molecule has 0 spiro atoms. The van der Waals surface area contributed by atoms with Crippen LogP contribution in [0.2, 0.25) is 0 Å². The molecule has 1 heterocycles. The zero-order chi connectivity index (χ0) is 16.7. The molecular weight excluding hydrogens is 302 g/mol. The number of amides is 1. The molecule has 122 valence electrons. The van der Waals surface area contributed by atoms with Crippen LogP contribution in [-0.2, 0) is 4.79 Å². The van der Waals surface area contributed by atoms with E-state index < -0.39 is 22.8 Å². The summed E-state index contributed by atoms with van der Waals surface area (Å²) < 4.78 is 0. The Labute approximate surface area is 132 Å². The van der Waals surface area contributed by atoms with Crippen molar-refractivity contribution < 1.29 is 19.6 Å². The number of hydrogen-bond donors (Lipinski definition) is 2. The van der Waals surface area contributed by atoms with E-state index in [2.05, 4.69) is 0 Å². The van der Waals surface area contributed by atoms with Gasteiger partial charge in [0.2, 0.25) is 0 Å². The maximum absolute atomic E-state index is 12.7. The molecule has 2 fully saturated rings. The number of nitrogens with two attached hydrogens (primary N) is 1. The van der Waals surface area contributed by atoms with Crippen LogP contribution < -0.4 is 5.73 Å². The van der Waals surface area contributed by atoms with Gasteiger partial charge in [-0.3, -0.25) is 14.9 Å². The number of carboxylic acid groups (broad SMARTS) is 1. The maximum atomic E-state index is 12.7. The molecular formula is C15H17N3O5. The number of carboxylic acids is 1. The predicted molar refractivity (Wildman–Crippen MR) is 80.8 cm³/mol. The fourth-order valence-corrected chi connectivity index (χ4v) is 3.83. The number of carbonyl (C=O) groups excluding carboxylic acids is 1. The minimum atomic E-state index is -1.02. The van der Waals surface area contributed by atoms with Gasteiger partial charge in [-0.15, -0.1) is 0 Å². The molecule has 8 nitrogen and oxygen atoms in total. The normalized spacial score (nSPS) is 26.1. The van der Waals surface area contributed by atoms with E-state index in [1.807, 2.05) is 0 Å². The lowest BCUT2D eigenvalue weighted by Crippen LogP contribution is -2.43. The molecule has 0 bridgehead atoms. The number of nitrogen functional groups attached to an aromatic ring is 1. The second kappa shape index (κ2) is 5.53. The van der Waals surface area contributed by atoms with Gasteiger partial charge in [0, 0.05) is 18.2 Å². The standard InChI is InChI=1S/C15H17N3O5/c16-11-5-4-8(6-12(11)18(22)23)14(19)17-7-9-2-1-3-10(9)13(17)15(20)21/h4-6,9-10,13H,1-3,7,16H2,(H,20,21). The number of nitro groups is 1. The Bertz CT molecular complexity index is 690. The molecule has 8 heteroatoms. The molecule has 2 aliphatic rings. The number of fused-ring (bicyclic) bond motifs is 1. The van der Waals surface area contributed by atoms with Crippen molar-refractivity contribution in [1.29, 1.82) is 0 Å². The van der Waals surface area contributed by atoms with E-state index in [0.29, 0.717) is 6.54 Å². The van der Waals surface area contributed by atoms with Crippen LogP contribution in [0, 0.1) is 22.0 Å². The average molecular weight is 319 g/mol. The number of carbonyl (C=O) groups is 2. The summed E-state index contributed by atoms with van der Waals surface area (Å²) in [6, 6.07) is 2.96. The number of nitrogens with zero attached hydrogens (tertiary/aromatic N) is 2. The van der Waals surface area contributed by atoms with Gasteiger partial charge in [-0.25, -0.2) is 4.79 Å². The number of aliphatic carboxylic acids is 1. The second-order valence-electron chi connectivity index (χ2n) is 6.13. The highest BCUT2D eigenvalue weighted by atomic mass is 16.6. The Balaban J connectivity index is 1.92. The minimum Gasteiger partial charge on any atom is -0.480 e. The third-order valence-electron chi connectivity index (χ3n) is 4.88. The molecule has 1 aromatic rings. The quantitative estimate of drug-likeness (QED) is 0.494. The van der Waals surface area contributed by atoms with Gasteiger partial charge in [-0.1, -0.05) is 6.42 Å². The molecule has 1 amide bonds. The van der Waals surface area contributed by atoms with E-state index in [9.17, 15) is 24.8 Å². The number of likely N-dealkylation sites (tertiary alicyclic amines) is 1. The van der Waals surface area contributed by atoms with Crippen LogP contribution in [-0.4, -0.2) is 39.4 Å². The van der Waals surface area contributed by atoms with E-state index in [0.717, 1.165) is 25.3 Å². The molecule has 0 aromatic heterocycles. The summed E-state index contributed by atoms with van der Waals surface area (Å²) in [5.41, 5.74) is 5.25. The Hall–Kier alpha value is -2.64. The van der Waals surface area contributed by atoms with Gasteiger partial charge in [-0.2, -0.15) is 0 Å². The fourth-order valence-electron chi connectivity index (χ4n) is 3.83. The first kappa shape index (κ1) is 15.3. The van der Waals surface area contributed by atoms with Crippen molar-refractivity contribution >= 4 is 23.3 Å². The van der Waals surface area contributed by atoms with E-state index in [1.54, 1.807) is 0 Å². The fraction of sp³-hybridized carbons (Fsp3) is 0.467. The molecule has 1 aliphatic carbocycles. The van der Waals surface area contributed by atoms with Gasteiger partial charge < -0.3 is 15.7 Å². The largest absolute Gasteiger partial charge is 0.480 e. The van der Waals surface area contributed by atoms with Gasteiger partial charge in [0.15, 0.2) is 0 Å². The van der Waals surface area contributed by atoms with Gasteiger partial charge in [-0.05, 0) is 36.8 Å². The molecule has 23 heavy (non-hydrogen) atoms. The van der Waals surface area contributed by atoms with Crippen molar-refractivity contribution in [3.8, 4) is 0 Å². The molecule has 1 saturated carbocycles. The summed E-state index contributed by atoms with van der Waals surface area (Å²) in [6.45, 7) is 0.388. The number of hydrogen-bond acceptors (Lipinski definition) is 5. The second-order valence-corrected chi connectivity index (χ2v) is 6.13. The van der Waals surface area contributed by atoms with Crippen molar-refractivity contribution in [2.45, 2.75) is 25.3 Å². The van der Waals surface area contributed by atoms with Crippen LogP contribution in [0.3, 0.4) is 0 Å². The summed E-state index contributed by atoms with van der Waals surface area (Å²) in [6.07, 6.45) is 2.70. The van der Waals surface area contributed by atoms with Crippen LogP contribution >= 0.6 is 0 Å². The summed E-state index contributed by atoms with van der Waals surface area (Å²) >= 11 is 0. The summed E-state index contributed by atoms with van der Waals surface area (Å²) in [7, 11) is 0. The minimum absolute atomic E-state index is 0.0276. The molecule has 1 aromatic carbocycles. The Morgan fingerprint density at radius 1 is 1.35 bits per heavy atom. The lowest BCUT2D eigenvalue weighted by atomic mass is 9.94. The first-order valence-electron chi connectivity index (χ1n) is 7.48. The summed E-state index contributed by atoms with van der Waals surface area (Å²) in [5.74, 6) is -1.34. The van der Waals surface area contributed by atoms with Gasteiger partial charge in [0.05, 0.1) is 4.92 Å². The zero-order valence-electron chi connectivity index (χ0n) is 12.3. The topological polar surface area (TPSA) is 127 Å². The third-order valence-corrected chi connectivity index (χ3v) is 4.88. The van der Waals surface area contributed by atoms with Crippen LogP contribution in [0.5, 0.6) is 0 Å². The van der Waals surface area contributed by atoms with Crippen molar-refractivity contribution in [3.05, 3.63) is 33.9 Å². The smallest absolute Gasteiger partial charge is 0.326 e. The van der Waals surface area contributed by atoms with Crippen LogP contribution in [0.15, 0.2) is 18.2 Å². The first-order valence-corrected chi connectivity index (χ1v) is 7.48. The van der Waals surface area contributed by atoms with E-state index in [1.165, 1.54) is 17.0 Å². The monoisotopic (exact) mass is 319 g/mol. The maximum Gasteiger partial charge on any atom is 0.326 e. The Morgan fingerprint density at radius 3 is 2.74 bits per heavy atom. The van der Waals surface area contributed by atoms with Crippen molar-refractivity contribution in [1.82, 2.24) is 4.90 Å². The number of nitro benzene ring substituents is 1. The highest BCUT2D eigenvalue weighted by molar-refractivity contribution is 5.98. The van der Waals surface area contributed by atoms with Crippen LogP contribution in [0.25, 0.3) is 0 Å². The molecule has 3 unspecified atom stereocenters. The summed E-state index contributed by atoms with van der Waals surface area (Å²) in [5, 5.41) is 20.4. The number of rotatable bonds is 3. The van der Waals surface area contributed by atoms with E-state index >= 15 is 0 Å². The number of anilines is 1. The first-order chi connectivity index (χ1) is 10.9. The van der Waals surface area contributed by atoms with Crippen molar-refractivity contribution in [3.63, 3.8) is 0 Å². The molecule has 3 rings (SSSR count). The zero-order valence-corrected chi connectivity index (χ0v) is 12.3. The van der Waals surface area contributed by atoms with Gasteiger partial charge in [0.1, 0.15) is 11.7 Å². The van der Waals surface area contributed by atoms with E-state index in [-0.39, 0.29) is 28.8 Å². The van der Waals surface area contributed by atoms with E-state index in [4.69, 9.17) is 5.73 Å². The summed E-state index contributed by atoms with van der Waals surface area (Å²) in [4.78, 5) is 35.9. The molecule has 3 N–H and O–H groups in total. The molecule has 1 aliphatic heterocycles. The van der Waals surface area contributed by atoms with Crippen molar-refractivity contribution in [2.24, 2.45) is 11.8 Å². The lowest BCUT2D eigenvalue weighted by molar-refractivity contribution is -0.383.